The first-order valence-corrected chi connectivity index (χ1v) is 12.8. The molecular formula is C34H28N2O2. The first-order valence-electron chi connectivity index (χ1n) is 12.8. The Hall–Kier alpha value is -4.70. The molecule has 6 rings (SSSR count). The van der Waals surface area contributed by atoms with Crippen LogP contribution in [0.15, 0.2) is 108 Å². The third kappa shape index (κ3) is 3.45. The monoisotopic (exact) mass is 496 g/mol. The van der Waals surface area contributed by atoms with E-state index in [4.69, 9.17) is 0 Å². The van der Waals surface area contributed by atoms with Gasteiger partial charge in [-0.25, -0.2) is 0 Å². The van der Waals surface area contributed by atoms with Crippen molar-refractivity contribution in [2.75, 3.05) is 9.80 Å². The van der Waals surface area contributed by atoms with Crippen LogP contribution in [-0.4, -0.2) is 11.8 Å². The fourth-order valence-corrected chi connectivity index (χ4v) is 5.46. The van der Waals surface area contributed by atoms with Gasteiger partial charge >= 0.3 is 0 Å². The number of benzene rings is 4. The van der Waals surface area contributed by atoms with Crippen LogP contribution in [0.5, 0.6) is 0 Å². The Balaban J connectivity index is 1.71. The first-order chi connectivity index (χ1) is 18.4. The number of fused-ring (bicyclic) bond motifs is 1. The van der Waals surface area contributed by atoms with Gasteiger partial charge in [-0.3, -0.25) is 19.4 Å². The fourth-order valence-electron chi connectivity index (χ4n) is 5.46. The maximum atomic E-state index is 14.5. The number of hydrogen-bond donors (Lipinski definition) is 0. The zero-order chi connectivity index (χ0) is 26.6. The molecule has 0 bridgehead atoms. The standard InChI is InChI=1S/C34H28N2O2/c1-21-13-11-19-27(23(21)3)35-31(25-15-7-5-8-16-25)29-30(33(35)37)32(26-17-9-6-10-18-26)36(34(29)38)28-20-12-14-22(2)24(28)4/h5-20H,1-4H3. The minimum absolute atomic E-state index is 0.187. The summed E-state index contributed by atoms with van der Waals surface area (Å²) < 4.78 is 0. The highest BCUT2D eigenvalue weighted by Gasteiger charge is 2.50. The molecule has 0 unspecified atom stereocenters. The number of carbonyl (C=O) groups excluding carboxylic acids is 2. The van der Waals surface area contributed by atoms with Crippen LogP contribution in [-0.2, 0) is 9.59 Å². The van der Waals surface area contributed by atoms with Gasteiger partial charge in [-0.2, -0.15) is 0 Å². The number of amides is 2. The van der Waals surface area contributed by atoms with Crippen molar-refractivity contribution in [3.05, 3.63) is 142 Å². The number of hydrogen-bond acceptors (Lipinski definition) is 2. The highest BCUT2D eigenvalue weighted by Crippen LogP contribution is 2.50. The Morgan fingerprint density at radius 1 is 0.447 bits per heavy atom. The van der Waals surface area contributed by atoms with Gasteiger partial charge in [-0.15, -0.1) is 0 Å². The Labute approximate surface area is 223 Å². The van der Waals surface area contributed by atoms with Gasteiger partial charge in [-0.05, 0) is 73.2 Å². The molecule has 4 aromatic carbocycles. The van der Waals surface area contributed by atoms with E-state index in [2.05, 4.69) is 0 Å². The average molecular weight is 497 g/mol. The topological polar surface area (TPSA) is 40.6 Å². The summed E-state index contributed by atoms with van der Waals surface area (Å²) in [6, 6.07) is 31.4. The van der Waals surface area contributed by atoms with Gasteiger partial charge in [0, 0.05) is 0 Å². The molecule has 0 atom stereocenters. The van der Waals surface area contributed by atoms with Crippen molar-refractivity contribution in [3.63, 3.8) is 0 Å². The van der Waals surface area contributed by atoms with Crippen molar-refractivity contribution >= 4 is 34.6 Å². The SMILES string of the molecule is Cc1cccc(N2C(=O)C3=C(c4ccccc4)N(c4cccc(C)c4C)C(=O)C3=C2c2ccccc2)c1C. The lowest BCUT2D eigenvalue weighted by Crippen LogP contribution is -2.30. The van der Waals surface area contributed by atoms with Crippen LogP contribution in [0.1, 0.15) is 33.4 Å². The van der Waals surface area contributed by atoms with Crippen LogP contribution in [0.3, 0.4) is 0 Å². The molecule has 2 aliphatic heterocycles. The smallest absolute Gasteiger partial charge is 0.265 e. The molecule has 4 nitrogen and oxygen atoms in total. The summed E-state index contributed by atoms with van der Waals surface area (Å²) in [5.74, 6) is -0.375. The Morgan fingerprint density at radius 3 is 1.18 bits per heavy atom. The molecule has 4 heteroatoms. The first kappa shape index (κ1) is 23.7. The minimum atomic E-state index is -0.187. The normalized spacial score (nSPS) is 15.2. The third-order valence-electron chi connectivity index (χ3n) is 7.73. The van der Waals surface area contributed by atoms with Crippen LogP contribution >= 0.6 is 0 Å². The molecule has 0 spiro atoms. The fraction of sp³-hybridized carbons (Fsp3) is 0.118. The van der Waals surface area contributed by atoms with Crippen LogP contribution in [0.25, 0.3) is 11.4 Å². The molecule has 0 aromatic heterocycles. The van der Waals surface area contributed by atoms with Crippen molar-refractivity contribution < 1.29 is 9.59 Å². The van der Waals surface area contributed by atoms with Gasteiger partial charge in [0.2, 0.25) is 0 Å². The Bertz CT molecular complexity index is 1550. The molecule has 0 radical (unpaired) electrons. The maximum absolute atomic E-state index is 14.5. The number of rotatable bonds is 4. The summed E-state index contributed by atoms with van der Waals surface area (Å²) in [7, 11) is 0. The van der Waals surface area contributed by atoms with E-state index in [0.29, 0.717) is 22.5 Å². The molecule has 2 heterocycles. The predicted octanol–water partition coefficient (Wildman–Crippen LogP) is 7.14. The zero-order valence-corrected chi connectivity index (χ0v) is 21.9. The second-order valence-electron chi connectivity index (χ2n) is 9.90. The van der Waals surface area contributed by atoms with Crippen LogP contribution < -0.4 is 9.80 Å². The average Bonchev–Trinajstić information content (AvgIpc) is 3.40. The van der Waals surface area contributed by atoms with E-state index in [1.54, 1.807) is 9.80 Å². The summed E-state index contributed by atoms with van der Waals surface area (Å²) >= 11 is 0. The quantitative estimate of drug-likeness (QED) is 0.301. The molecular weight excluding hydrogens is 468 g/mol. The van der Waals surface area contributed by atoms with E-state index in [9.17, 15) is 9.59 Å². The molecule has 186 valence electrons. The lowest BCUT2D eigenvalue weighted by molar-refractivity contribution is -0.115. The van der Waals surface area contributed by atoms with E-state index in [-0.39, 0.29) is 11.8 Å². The van der Waals surface area contributed by atoms with Gasteiger partial charge in [0.1, 0.15) is 0 Å². The largest absolute Gasteiger partial charge is 0.275 e. The van der Waals surface area contributed by atoms with Crippen molar-refractivity contribution in [2.24, 2.45) is 0 Å². The molecule has 2 amide bonds. The van der Waals surface area contributed by atoms with E-state index < -0.39 is 0 Å². The van der Waals surface area contributed by atoms with Crippen molar-refractivity contribution in [1.29, 1.82) is 0 Å². The molecule has 0 N–H and O–H groups in total. The van der Waals surface area contributed by atoms with Crippen molar-refractivity contribution in [1.82, 2.24) is 0 Å². The van der Waals surface area contributed by atoms with Crippen LogP contribution in [0, 0.1) is 27.7 Å². The Morgan fingerprint density at radius 2 is 0.816 bits per heavy atom. The van der Waals surface area contributed by atoms with E-state index in [0.717, 1.165) is 44.8 Å². The van der Waals surface area contributed by atoms with Gasteiger partial charge in [0.05, 0.1) is 33.9 Å². The highest BCUT2D eigenvalue weighted by atomic mass is 16.2. The van der Waals surface area contributed by atoms with E-state index in [1.807, 2.05) is 125 Å². The molecule has 2 aliphatic rings. The summed E-state index contributed by atoms with van der Waals surface area (Å²) in [6.07, 6.45) is 0. The summed E-state index contributed by atoms with van der Waals surface area (Å²) in [4.78, 5) is 32.6. The van der Waals surface area contributed by atoms with E-state index in [1.165, 1.54) is 0 Å². The second-order valence-corrected chi connectivity index (χ2v) is 9.90. The molecule has 38 heavy (non-hydrogen) atoms. The van der Waals surface area contributed by atoms with Crippen LogP contribution in [0.4, 0.5) is 11.4 Å². The zero-order valence-electron chi connectivity index (χ0n) is 21.9. The number of carbonyl (C=O) groups is 2. The lowest BCUT2D eigenvalue weighted by Gasteiger charge is -2.27. The summed E-state index contributed by atoms with van der Waals surface area (Å²) in [6.45, 7) is 8.13. The second kappa shape index (κ2) is 9.00. The predicted molar refractivity (Wildman–Crippen MR) is 154 cm³/mol. The van der Waals surface area contributed by atoms with Gasteiger partial charge < -0.3 is 0 Å². The minimum Gasteiger partial charge on any atom is -0.275 e. The third-order valence-corrected chi connectivity index (χ3v) is 7.73. The van der Waals surface area contributed by atoms with Crippen molar-refractivity contribution in [3.8, 4) is 0 Å². The Kier molecular flexibility index (Phi) is 5.61. The summed E-state index contributed by atoms with van der Waals surface area (Å²) in [5.41, 5.74) is 9.59. The van der Waals surface area contributed by atoms with Crippen LogP contribution in [0.2, 0.25) is 0 Å². The molecule has 0 saturated carbocycles. The summed E-state index contributed by atoms with van der Waals surface area (Å²) in [5, 5.41) is 0. The number of anilines is 2. The highest BCUT2D eigenvalue weighted by molar-refractivity contribution is 6.41. The lowest BCUT2D eigenvalue weighted by atomic mass is 10.0. The maximum Gasteiger partial charge on any atom is 0.265 e. The van der Waals surface area contributed by atoms with Gasteiger partial charge in [0.25, 0.3) is 11.8 Å². The molecule has 0 aliphatic carbocycles. The van der Waals surface area contributed by atoms with Gasteiger partial charge in [-0.1, -0.05) is 84.9 Å². The van der Waals surface area contributed by atoms with Crippen molar-refractivity contribution in [2.45, 2.75) is 27.7 Å². The van der Waals surface area contributed by atoms with Gasteiger partial charge in [0.15, 0.2) is 0 Å². The number of aryl methyl sites for hydroxylation is 2. The number of nitrogens with zero attached hydrogens (tertiary/aromatic N) is 2. The molecule has 4 aromatic rings. The van der Waals surface area contributed by atoms with E-state index >= 15 is 0 Å². The molecule has 0 saturated heterocycles. The molecule has 0 fully saturated rings.